The number of alkyl halides is 6. The van der Waals surface area contributed by atoms with Crippen molar-refractivity contribution >= 4 is 51.6 Å². The molecule has 5 N–H and O–H groups in total. The Morgan fingerprint density at radius 2 is 1.63 bits per heavy atom. The van der Waals surface area contributed by atoms with Crippen molar-refractivity contribution in [1.82, 2.24) is 15.1 Å². The molecule has 0 spiro atoms. The number of nitrogens with one attached hydrogen (secondary N) is 1. The quantitative estimate of drug-likeness (QED) is 0.309. The van der Waals surface area contributed by atoms with Gasteiger partial charge in [0.15, 0.2) is 16.5 Å². The van der Waals surface area contributed by atoms with E-state index in [1.54, 1.807) is 0 Å². The van der Waals surface area contributed by atoms with Crippen LogP contribution in [0.3, 0.4) is 0 Å². The zero-order chi connectivity index (χ0) is 26.7. The molecular weight excluding hydrogens is 551 g/mol. The van der Waals surface area contributed by atoms with Crippen molar-refractivity contribution in [2.24, 2.45) is 5.73 Å². The standard InChI is InChI=1S/C18H17Cl2F6N5O3S/c19-9-6-8(17(21,22)23)7-10(20)13(9)31-15(28)14(35(34)18(24,25)26)12(30-31)16(33)29-5-3-1-2-4-11(27)32/h6-7H,1-5,28H2,(H2,27,32)(H,29,33). The molecule has 0 radical (unpaired) electrons. The van der Waals surface area contributed by atoms with Crippen molar-refractivity contribution in [3.63, 3.8) is 0 Å². The number of halogens is 8. The molecule has 0 bridgehead atoms. The van der Waals surface area contributed by atoms with Gasteiger partial charge in [0.05, 0.1) is 15.6 Å². The number of aromatic nitrogens is 2. The number of anilines is 1. The van der Waals surface area contributed by atoms with Crippen molar-refractivity contribution in [3.05, 3.63) is 33.4 Å². The maximum Gasteiger partial charge on any atom is 0.476 e. The van der Waals surface area contributed by atoms with Gasteiger partial charge in [-0.3, -0.25) is 9.59 Å². The van der Waals surface area contributed by atoms with Crippen LogP contribution in [0.2, 0.25) is 10.0 Å². The number of carbonyl (C=O) groups excluding carboxylic acids is 2. The van der Waals surface area contributed by atoms with Crippen LogP contribution in [0, 0.1) is 0 Å². The van der Waals surface area contributed by atoms with E-state index in [9.17, 15) is 40.1 Å². The second-order valence-corrected chi connectivity index (χ2v) is 9.23. The molecule has 2 rings (SSSR count). The molecule has 1 heterocycles. The number of carbonyl (C=O) groups is 2. The highest BCUT2D eigenvalue weighted by atomic mass is 35.5. The van der Waals surface area contributed by atoms with Gasteiger partial charge >= 0.3 is 11.7 Å². The lowest BCUT2D eigenvalue weighted by molar-refractivity contribution is -0.137. The number of hydrogen-bond donors (Lipinski definition) is 3. The van der Waals surface area contributed by atoms with Crippen molar-refractivity contribution in [2.75, 3.05) is 12.3 Å². The fourth-order valence-electron chi connectivity index (χ4n) is 2.85. The first-order valence-electron chi connectivity index (χ1n) is 9.55. The van der Waals surface area contributed by atoms with E-state index in [4.69, 9.17) is 34.7 Å². The first-order valence-corrected chi connectivity index (χ1v) is 11.5. The number of unbranched alkanes of at least 4 members (excludes halogenated alkanes) is 2. The highest BCUT2D eigenvalue weighted by Gasteiger charge is 2.43. The van der Waals surface area contributed by atoms with Crippen LogP contribution in [0.25, 0.3) is 5.69 Å². The fourth-order valence-corrected chi connectivity index (χ4v) is 4.32. The van der Waals surface area contributed by atoms with Gasteiger partial charge in [-0.05, 0) is 25.0 Å². The molecule has 8 nitrogen and oxygen atoms in total. The van der Waals surface area contributed by atoms with Crippen LogP contribution in [0.5, 0.6) is 0 Å². The van der Waals surface area contributed by atoms with Gasteiger partial charge in [0.25, 0.3) is 5.91 Å². The maximum atomic E-state index is 13.2. The highest BCUT2D eigenvalue weighted by molar-refractivity contribution is 7.86. The Morgan fingerprint density at radius 3 is 2.11 bits per heavy atom. The molecule has 0 saturated heterocycles. The number of nitrogens with two attached hydrogens (primary N) is 2. The summed E-state index contributed by atoms with van der Waals surface area (Å²) in [5, 5.41) is 4.54. The van der Waals surface area contributed by atoms with Crippen molar-refractivity contribution < 1.29 is 40.1 Å². The predicted octanol–water partition coefficient (Wildman–Crippen LogP) is 4.18. The fraction of sp³-hybridized carbons (Fsp3) is 0.389. The van der Waals surface area contributed by atoms with E-state index in [-0.39, 0.29) is 13.0 Å². The van der Waals surface area contributed by atoms with E-state index in [0.29, 0.717) is 36.1 Å². The van der Waals surface area contributed by atoms with Crippen LogP contribution in [0.1, 0.15) is 41.7 Å². The Kier molecular flexibility index (Phi) is 9.05. The molecule has 0 aliphatic rings. The summed E-state index contributed by atoms with van der Waals surface area (Å²) in [5.74, 6) is -2.66. The first-order chi connectivity index (χ1) is 16.1. The molecule has 1 unspecified atom stereocenters. The lowest BCUT2D eigenvalue weighted by Gasteiger charge is -2.13. The summed E-state index contributed by atoms with van der Waals surface area (Å²) < 4.78 is 91.2. The predicted molar refractivity (Wildman–Crippen MR) is 115 cm³/mol. The van der Waals surface area contributed by atoms with E-state index in [1.165, 1.54) is 0 Å². The van der Waals surface area contributed by atoms with Gasteiger partial charge in [0, 0.05) is 13.0 Å². The molecule has 2 amide bonds. The van der Waals surface area contributed by atoms with Crippen molar-refractivity contribution in [3.8, 4) is 5.69 Å². The molecule has 1 atom stereocenters. The Balaban J connectivity index is 2.47. The van der Waals surface area contributed by atoms with Crippen LogP contribution in [0.4, 0.5) is 32.2 Å². The third kappa shape index (κ3) is 7.01. The number of primary amides is 1. The third-order valence-electron chi connectivity index (χ3n) is 4.43. The molecule has 35 heavy (non-hydrogen) atoms. The summed E-state index contributed by atoms with van der Waals surface area (Å²) in [6, 6.07) is 0.881. The summed E-state index contributed by atoms with van der Waals surface area (Å²) in [5.41, 5.74) is 2.56. The van der Waals surface area contributed by atoms with E-state index in [1.807, 2.05) is 0 Å². The maximum absolute atomic E-state index is 13.2. The highest BCUT2D eigenvalue weighted by Crippen LogP contribution is 2.40. The largest absolute Gasteiger partial charge is 0.476 e. The van der Waals surface area contributed by atoms with Gasteiger partial charge in [-0.1, -0.05) is 29.6 Å². The topological polar surface area (TPSA) is 133 Å². The summed E-state index contributed by atoms with van der Waals surface area (Å²) in [4.78, 5) is 22.1. The number of hydrogen-bond acceptors (Lipinski definition) is 5. The van der Waals surface area contributed by atoms with Gasteiger partial charge in [0.1, 0.15) is 16.4 Å². The second kappa shape index (κ2) is 11.0. The summed E-state index contributed by atoms with van der Waals surface area (Å²) >= 11 is 11.8. The van der Waals surface area contributed by atoms with Crippen LogP contribution in [-0.2, 0) is 21.8 Å². The van der Waals surface area contributed by atoms with E-state index in [0.717, 1.165) is 0 Å². The molecular formula is C18H17Cl2F6N5O3S. The number of nitrogens with zero attached hydrogens (tertiary/aromatic N) is 2. The van der Waals surface area contributed by atoms with Crippen LogP contribution < -0.4 is 16.8 Å². The zero-order valence-electron chi connectivity index (χ0n) is 17.4. The monoisotopic (exact) mass is 567 g/mol. The summed E-state index contributed by atoms with van der Waals surface area (Å²) in [7, 11) is -3.83. The van der Waals surface area contributed by atoms with Gasteiger partial charge in [-0.2, -0.15) is 31.4 Å². The minimum Gasteiger partial charge on any atom is -0.383 e. The molecule has 0 aliphatic heterocycles. The normalized spacial score (nSPS) is 13.0. The summed E-state index contributed by atoms with van der Waals surface area (Å²) in [6.07, 6.45) is -3.53. The van der Waals surface area contributed by atoms with Crippen molar-refractivity contribution in [2.45, 2.75) is 42.3 Å². The average molecular weight is 568 g/mol. The van der Waals surface area contributed by atoms with E-state index in [2.05, 4.69) is 10.4 Å². The van der Waals surface area contributed by atoms with Crippen LogP contribution in [-0.4, -0.2) is 37.9 Å². The molecule has 0 saturated carbocycles. The minimum absolute atomic E-state index is 0.0513. The summed E-state index contributed by atoms with van der Waals surface area (Å²) in [6.45, 7) is -0.0513. The number of amides is 2. The number of benzene rings is 1. The smallest absolute Gasteiger partial charge is 0.383 e. The van der Waals surface area contributed by atoms with Crippen LogP contribution in [0.15, 0.2) is 17.0 Å². The molecule has 2 aromatic rings. The van der Waals surface area contributed by atoms with E-state index >= 15 is 0 Å². The Hall–Kier alpha value is -2.52. The lowest BCUT2D eigenvalue weighted by Crippen LogP contribution is -2.27. The average Bonchev–Trinajstić information content (AvgIpc) is 3.04. The minimum atomic E-state index is -5.35. The lowest BCUT2D eigenvalue weighted by atomic mass is 10.2. The molecule has 0 aliphatic carbocycles. The van der Waals surface area contributed by atoms with Gasteiger partial charge < -0.3 is 16.8 Å². The Bertz CT molecular complexity index is 1130. The Labute approximate surface area is 206 Å². The molecule has 0 fully saturated rings. The van der Waals surface area contributed by atoms with Crippen LogP contribution >= 0.6 is 23.2 Å². The molecule has 1 aromatic heterocycles. The Morgan fingerprint density at radius 1 is 1.06 bits per heavy atom. The van der Waals surface area contributed by atoms with Crippen molar-refractivity contribution in [1.29, 1.82) is 0 Å². The number of nitrogen functional groups attached to an aromatic ring is 1. The molecule has 1 aromatic carbocycles. The molecule has 17 heteroatoms. The van der Waals surface area contributed by atoms with E-state index < -0.39 is 72.0 Å². The SMILES string of the molecule is NC(=O)CCCCCNC(=O)c1nn(-c2c(Cl)cc(C(F)(F)F)cc2Cl)c(N)c1S(=O)C(F)(F)F. The van der Waals surface area contributed by atoms with Gasteiger partial charge in [-0.25, -0.2) is 8.89 Å². The zero-order valence-corrected chi connectivity index (χ0v) is 19.7. The molecule has 194 valence electrons. The number of rotatable bonds is 9. The van der Waals surface area contributed by atoms with Gasteiger partial charge in [0.2, 0.25) is 5.91 Å². The van der Waals surface area contributed by atoms with Gasteiger partial charge in [-0.15, -0.1) is 0 Å². The first kappa shape index (κ1) is 28.7. The second-order valence-electron chi connectivity index (χ2n) is 7.01. The third-order valence-corrected chi connectivity index (χ3v) is 6.20.